The van der Waals surface area contributed by atoms with Crippen molar-refractivity contribution in [3.8, 4) is 11.6 Å². The molecule has 0 bridgehead atoms. The Morgan fingerprint density at radius 2 is 2.17 bits per heavy atom. The third kappa shape index (κ3) is 1.34. The number of methoxy groups -OCH3 is 2. The fourth-order valence-electron chi connectivity index (χ4n) is 0.835. The first-order valence-electron chi connectivity index (χ1n) is 3.23. The maximum absolute atomic E-state index is 10.5. The molecule has 0 aliphatic heterocycles. The maximum Gasteiger partial charge on any atom is 0.352 e. The van der Waals surface area contributed by atoms with E-state index in [1.54, 1.807) is 0 Å². The molecule has 0 unspecified atom stereocenters. The highest BCUT2D eigenvalue weighted by molar-refractivity contribution is 5.86. The van der Waals surface area contributed by atoms with Gasteiger partial charge in [-0.2, -0.15) is 0 Å². The van der Waals surface area contributed by atoms with Crippen LogP contribution in [0.5, 0.6) is 11.6 Å². The molecule has 1 aromatic rings. The molecule has 0 spiro atoms. The van der Waals surface area contributed by atoms with Crippen LogP contribution in [0, 0.1) is 0 Å². The average Bonchev–Trinajstić information content (AvgIpc) is 2.46. The summed E-state index contributed by atoms with van der Waals surface area (Å²) in [4.78, 5) is 13.0. The molecule has 0 saturated heterocycles. The van der Waals surface area contributed by atoms with Crippen molar-refractivity contribution in [1.29, 1.82) is 0 Å². The smallest absolute Gasteiger partial charge is 0.352 e. The highest BCUT2D eigenvalue weighted by Crippen LogP contribution is 2.26. The molecule has 0 fully saturated rings. The Morgan fingerprint density at radius 3 is 2.50 bits per heavy atom. The normalized spacial score (nSPS) is 9.50. The van der Waals surface area contributed by atoms with Gasteiger partial charge in [0.25, 0.3) is 0 Å². The molecule has 0 aliphatic carbocycles. The number of ether oxygens (including phenoxy) is 2. The van der Waals surface area contributed by atoms with Crippen LogP contribution in [0.2, 0.25) is 0 Å². The topological polar surface area (TPSA) is 71.5 Å². The second-order valence-corrected chi connectivity index (χ2v) is 2.09. The van der Waals surface area contributed by atoms with Crippen molar-refractivity contribution < 1.29 is 19.4 Å². The molecule has 2 N–H and O–H groups in total. The second kappa shape index (κ2) is 3.17. The van der Waals surface area contributed by atoms with E-state index >= 15 is 0 Å². The minimum Gasteiger partial charge on any atom is -0.491 e. The molecule has 1 rings (SSSR count). The molecule has 5 heteroatoms. The van der Waals surface area contributed by atoms with Gasteiger partial charge in [0.1, 0.15) is 5.69 Å². The van der Waals surface area contributed by atoms with E-state index < -0.39 is 5.97 Å². The minimum atomic E-state index is -1.04. The lowest BCUT2D eigenvalue weighted by Gasteiger charge is -1.98. The monoisotopic (exact) mass is 171 g/mol. The van der Waals surface area contributed by atoms with Crippen LogP contribution in [-0.2, 0) is 0 Å². The molecule has 12 heavy (non-hydrogen) atoms. The number of carbonyl (C=O) groups is 1. The first kappa shape index (κ1) is 8.45. The summed E-state index contributed by atoms with van der Waals surface area (Å²) >= 11 is 0. The molecule has 0 aromatic carbocycles. The summed E-state index contributed by atoms with van der Waals surface area (Å²) in [5, 5.41) is 8.57. The van der Waals surface area contributed by atoms with Gasteiger partial charge in [-0.3, -0.25) is 0 Å². The van der Waals surface area contributed by atoms with Gasteiger partial charge in [-0.25, -0.2) is 4.79 Å². The Balaban J connectivity index is 3.05. The largest absolute Gasteiger partial charge is 0.491 e. The molecule has 0 saturated carbocycles. The van der Waals surface area contributed by atoms with Gasteiger partial charge in [-0.15, -0.1) is 0 Å². The third-order valence-corrected chi connectivity index (χ3v) is 1.40. The SMILES string of the molecule is COc1cc(C(=O)O)[nH]c1OC. The highest BCUT2D eigenvalue weighted by Gasteiger charge is 2.12. The summed E-state index contributed by atoms with van der Waals surface area (Å²) in [6.07, 6.45) is 0. The van der Waals surface area contributed by atoms with E-state index in [1.165, 1.54) is 20.3 Å². The number of hydrogen-bond acceptors (Lipinski definition) is 3. The van der Waals surface area contributed by atoms with Crippen molar-refractivity contribution in [2.45, 2.75) is 0 Å². The Bertz CT molecular complexity index is 270. The molecule has 1 heterocycles. The van der Waals surface area contributed by atoms with E-state index in [-0.39, 0.29) is 5.69 Å². The van der Waals surface area contributed by atoms with E-state index in [9.17, 15) is 4.79 Å². The summed E-state index contributed by atoms with van der Waals surface area (Å²) in [5.41, 5.74) is 0.0451. The van der Waals surface area contributed by atoms with E-state index in [4.69, 9.17) is 14.6 Å². The molecule has 0 radical (unpaired) electrons. The van der Waals surface area contributed by atoms with Crippen molar-refractivity contribution in [3.63, 3.8) is 0 Å². The lowest BCUT2D eigenvalue weighted by Crippen LogP contribution is -1.95. The predicted octanol–water partition coefficient (Wildman–Crippen LogP) is 0.730. The number of H-pyrrole nitrogens is 1. The van der Waals surface area contributed by atoms with Gasteiger partial charge >= 0.3 is 5.97 Å². The van der Waals surface area contributed by atoms with E-state index in [2.05, 4.69) is 4.98 Å². The molecule has 0 amide bonds. The molecule has 66 valence electrons. The fourth-order valence-corrected chi connectivity index (χ4v) is 0.835. The number of carboxylic acids is 1. The highest BCUT2D eigenvalue weighted by atomic mass is 16.5. The number of carboxylic acid groups (broad SMARTS) is 1. The first-order chi connectivity index (χ1) is 5.69. The number of hydrogen-bond donors (Lipinski definition) is 2. The first-order valence-corrected chi connectivity index (χ1v) is 3.23. The standard InChI is InChI=1S/C7H9NO4/c1-11-5-3-4(7(9)10)8-6(5)12-2/h3,8H,1-2H3,(H,9,10). The van der Waals surface area contributed by atoms with Crippen LogP contribution in [-0.4, -0.2) is 30.3 Å². The van der Waals surface area contributed by atoms with Gasteiger partial charge in [0.15, 0.2) is 5.75 Å². The average molecular weight is 171 g/mol. The van der Waals surface area contributed by atoms with Crippen LogP contribution in [0.15, 0.2) is 6.07 Å². The Hall–Kier alpha value is -1.65. The van der Waals surface area contributed by atoms with Gasteiger partial charge in [0, 0.05) is 6.07 Å². The number of rotatable bonds is 3. The Labute approximate surface area is 68.9 Å². The van der Waals surface area contributed by atoms with Crippen molar-refractivity contribution in [1.82, 2.24) is 4.98 Å². The Kier molecular flexibility index (Phi) is 2.23. The van der Waals surface area contributed by atoms with E-state index in [0.29, 0.717) is 11.6 Å². The van der Waals surface area contributed by atoms with Gasteiger partial charge in [0.2, 0.25) is 5.88 Å². The lowest BCUT2D eigenvalue weighted by molar-refractivity contribution is 0.0690. The molecule has 0 atom stereocenters. The summed E-state index contributed by atoms with van der Waals surface area (Å²) in [7, 11) is 2.87. The van der Waals surface area contributed by atoms with Crippen molar-refractivity contribution in [2.24, 2.45) is 0 Å². The van der Waals surface area contributed by atoms with Gasteiger partial charge in [-0.1, -0.05) is 0 Å². The third-order valence-electron chi connectivity index (χ3n) is 1.40. The van der Waals surface area contributed by atoms with Gasteiger partial charge in [0.05, 0.1) is 14.2 Å². The van der Waals surface area contributed by atoms with Crippen LogP contribution in [0.4, 0.5) is 0 Å². The predicted molar refractivity (Wildman–Crippen MR) is 40.9 cm³/mol. The molecular formula is C7H9NO4. The quantitative estimate of drug-likeness (QED) is 0.703. The van der Waals surface area contributed by atoms with Crippen LogP contribution in [0.25, 0.3) is 0 Å². The minimum absolute atomic E-state index is 0.0451. The number of aromatic carboxylic acids is 1. The maximum atomic E-state index is 10.5. The number of aromatic amines is 1. The molecular weight excluding hydrogens is 162 g/mol. The zero-order valence-corrected chi connectivity index (χ0v) is 6.75. The van der Waals surface area contributed by atoms with Crippen molar-refractivity contribution >= 4 is 5.97 Å². The zero-order valence-electron chi connectivity index (χ0n) is 6.75. The fraction of sp³-hybridized carbons (Fsp3) is 0.286. The summed E-state index contributed by atoms with van der Waals surface area (Å²) in [5.74, 6) is -0.346. The zero-order chi connectivity index (χ0) is 9.14. The van der Waals surface area contributed by atoms with Crippen LogP contribution in [0.1, 0.15) is 10.5 Å². The number of aromatic nitrogens is 1. The molecule has 0 aliphatic rings. The van der Waals surface area contributed by atoms with Gasteiger partial charge in [-0.05, 0) is 0 Å². The molecule has 5 nitrogen and oxygen atoms in total. The lowest BCUT2D eigenvalue weighted by atomic mass is 10.4. The van der Waals surface area contributed by atoms with E-state index in [1.807, 2.05) is 0 Å². The summed E-state index contributed by atoms with van der Waals surface area (Å²) in [6, 6.07) is 1.36. The van der Waals surface area contributed by atoms with Crippen LogP contribution in [0.3, 0.4) is 0 Å². The summed E-state index contributed by atoms with van der Waals surface area (Å²) < 4.78 is 9.67. The summed E-state index contributed by atoms with van der Waals surface area (Å²) in [6.45, 7) is 0. The number of nitrogens with one attached hydrogen (secondary N) is 1. The van der Waals surface area contributed by atoms with Crippen LogP contribution >= 0.6 is 0 Å². The Morgan fingerprint density at radius 1 is 1.50 bits per heavy atom. The van der Waals surface area contributed by atoms with Crippen molar-refractivity contribution in [2.75, 3.05) is 14.2 Å². The van der Waals surface area contributed by atoms with Crippen molar-refractivity contribution in [3.05, 3.63) is 11.8 Å². The molecule has 1 aromatic heterocycles. The van der Waals surface area contributed by atoms with Crippen LogP contribution < -0.4 is 9.47 Å². The second-order valence-electron chi connectivity index (χ2n) is 2.09. The van der Waals surface area contributed by atoms with E-state index in [0.717, 1.165) is 0 Å². The van der Waals surface area contributed by atoms with Gasteiger partial charge < -0.3 is 19.6 Å².